The van der Waals surface area contributed by atoms with Gasteiger partial charge in [0.25, 0.3) is 5.91 Å². The fourth-order valence-corrected chi connectivity index (χ4v) is 2.99. The minimum Gasteiger partial charge on any atom is -0.399 e. The van der Waals surface area contributed by atoms with Crippen molar-refractivity contribution >= 4 is 46.1 Å². The molecule has 0 saturated heterocycles. The molecule has 2 rings (SSSR count). The second-order valence-corrected chi connectivity index (χ2v) is 6.08. The van der Waals surface area contributed by atoms with Crippen LogP contribution < -0.4 is 5.73 Å². The van der Waals surface area contributed by atoms with Crippen LogP contribution in [0.4, 0.5) is 5.69 Å². The summed E-state index contributed by atoms with van der Waals surface area (Å²) >= 11 is 13.7. The first-order chi connectivity index (χ1) is 9.52. The Balaban J connectivity index is 2.29. The first-order valence-corrected chi connectivity index (χ1v) is 7.72. The summed E-state index contributed by atoms with van der Waals surface area (Å²) in [6, 6.07) is 7.06. The Bertz CT molecular complexity index is 614. The van der Waals surface area contributed by atoms with Crippen molar-refractivity contribution in [3.05, 3.63) is 50.1 Å². The fourth-order valence-electron chi connectivity index (χ4n) is 1.85. The highest BCUT2D eigenvalue weighted by Crippen LogP contribution is 2.30. The monoisotopic (exact) mass is 328 g/mol. The van der Waals surface area contributed by atoms with Gasteiger partial charge in [-0.1, -0.05) is 29.3 Å². The van der Waals surface area contributed by atoms with E-state index in [4.69, 9.17) is 28.9 Å². The van der Waals surface area contributed by atoms with Crippen LogP contribution in [-0.4, -0.2) is 17.4 Å². The molecule has 106 valence electrons. The van der Waals surface area contributed by atoms with Crippen molar-refractivity contribution in [2.75, 3.05) is 12.3 Å². The van der Waals surface area contributed by atoms with Crippen LogP contribution in [-0.2, 0) is 6.54 Å². The molecule has 1 amide bonds. The fraction of sp³-hybridized carbons (Fsp3) is 0.214. The quantitative estimate of drug-likeness (QED) is 0.850. The minimum atomic E-state index is -0.167. The van der Waals surface area contributed by atoms with Crippen LogP contribution in [0.15, 0.2) is 29.6 Å². The lowest BCUT2D eigenvalue weighted by Gasteiger charge is -2.21. The minimum absolute atomic E-state index is 0.167. The largest absolute Gasteiger partial charge is 0.399 e. The molecular weight excluding hydrogens is 315 g/mol. The highest BCUT2D eigenvalue weighted by Gasteiger charge is 2.20. The van der Waals surface area contributed by atoms with Crippen LogP contribution >= 0.6 is 34.5 Å². The molecule has 0 bridgehead atoms. The molecule has 1 aromatic carbocycles. The molecule has 20 heavy (non-hydrogen) atoms. The smallest absolute Gasteiger partial charge is 0.255 e. The number of carbonyl (C=O) groups is 1. The number of amides is 1. The number of hydrogen-bond acceptors (Lipinski definition) is 3. The van der Waals surface area contributed by atoms with Gasteiger partial charge in [0.15, 0.2) is 0 Å². The van der Waals surface area contributed by atoms with Crippen molar-refractivity contribution in [3.63, 3.8) is 0 Å². The summed E-state index contributed by atoms with van der Waals surface area (Å²) in [5.41, 5.74) is 6.50. The number of halogens is 2. The van der Waals surface area contributed by atoms with E-state index in [1.165, 1.54) is 6.07 Å². The molecule has 0 unspecified atom stereocenters. The zero-order chi connectivity index (χ0) is 14.7. The number of nitrogens with zero attached hydrogens (tertiary/aromatic N) is 1. The molecule has 3 nitrogen and oxygen atoms in total. The van der Waals surface area contributed by atoms with E-state index in [1.807, 2.05) is 24.4 Å². The van der Waals surface area contributed by atoms with E-state index in [-0.39, 0.29) is 10.9 Å². The highest BCUT2D eigenvalue weighted by atomic mass is 35.5. The normalized spacial score (nSPS) is 10.6. The van der Waals surface area contributed by atoms with E-state index >= 15 is 0 Å². The average Bonchev–Trinajstić information content (AvgIpc) is 2.92. The van der Waals surface area contributed by atoms with E-state index < -0.39 is 0 Å². The summed E-state index contributed by atoms with van der Waals surface area (Å²) in [4.78, 5) is 15.4. The second kappa shape index (κ2) is 6.48. The van der Waals surface area contributed by atoms with Crippen molar-refractivity contribution in [1.82, 2.24) is 4.90 Å². The number of nitrogens with two attached hydrogens (primary N) is 1. The van der Waals surface area contributed by atoms with Crippen molar-refractivity contribution in [3.8, 4) is 0 Å². The van der Waals surface area contributed by atoms with E-state index in [0.717, 1.165) is 4.88 Å². The van der Waals surface area contributed by atoms with Crippen LogP contribution in [0.1, 0.15) is 22.2 Å². The van der Waals surface area contributed by atoms with Crippen LogP contribution in [0.3, 0.4) is 0 Å². The number of hydrogen-bond donors (Lipinski definition) is 1. The van der Waals surface area contributed by atoms with E-state index in [9.17, 15) is 4.79 Å². The summed E-state index contributed by atoms with van der Waals surface area (Å²) in [5, 5.41) is 2.52. The third kappa shape index (κ3) is 3.26. The van der Waals surface area contributed by atoms with Crippen molar-refractivity contribution < 1.29 is 4.79 Å². The Hall–Kier alpha value is -1.23. The lowest BCUT2D eigenvalue weighted by Crippen LogP contribution is -2.30. The van der Waals surface area contributed by atoms with Gasteiger partial charge < -0.3 is 10.6 Å². The van der Waals surface area contributed by atoms with Crippen LogP contribution in [0.25, 0.3) is 0 Å². The van der Waals surface area contributed by atoms with Gasteiger partial charge >= 0.3 is 0 Å². The van der Waals surface area contributed by atoms with Crippen LogP contribution in [0.2, 0.25) is 10.0 Å². The molecule has 2 aromatic rings. The predicted octanol–water partition coefficient (Wildman–Crippen LogP) is 4.30. The molecule has 0 atom stereocenters. The van der Waals surface area contributed by atoms with E-state index in [0.29, 0.717) is 29.4 Å². The average molecular weight is 329 g/mol. The number of anilines is 1. The second-order valence-electron chi connectivity index (χ2n) is 4.26. The first kappa shape index (κ1) is 15.2. The van der Waals surface area contributed by atoms with Gasteiger partial charge in [0.05, 0.1) is 22.2 Å². The molecule has 0 spiro atoms. The molecule has 6 heteroatoms. The van der Waals surface area contributed by atoms with Gasteiger partial charge in [-0.2, -0.15) is 0 Å². The Kier molecular flexibility index (Phi) is 4.91. The Labute approximate surface area is 131 Å². The maximum atomic E-state index is 12.6. The third-order valence-corrected chi connectivity index (χ3v) is 4.54. The van der Waals surface area contributed by atoms with Crippen LogP contribution in [0, 0.1) is 0 Å². The van der Waals surface area contributed by atoms with Gasteiger partial charge in [-0.3, -0.25) is 4.79 Å². The van der Waals surface area contributed by atoms with Gasteiger partial charge in [-0.15, -0.1) is 11.3 Å². The number of nitrogen functional groups attached to an aromatic ring is 1. The third-order valence-electron chi connectivity index (χ3n) is 2.88. The summed E-state index contributed by atoms with van der Waals surface area (Å²) in [6.45, 7) is 3.06. The number of thiophene rings is 1. The van der Waals surface area contributed by atoms with Crippen LogP contribution in [0.5, 0.6) is 0 Å². The lowest BCUT2D eigenvalue weighted by atomic mass is 10.1. The van der Waals surface area contributed by atoms with Gasteiger partial charge in [0, 0.05) is 17.1 Å². The SMILES string of the molecule is CCN(Cc1cccs1)C(=O)c1cc(N)cc(Cl)c1Cl. The maximum absolute atomic E-state index is 12.6. The first-order valence-electron chi connectivity index (χ1n) is 6.09. The molecule has 0 radical (unpaired) electrons. The van der Waals surface area contributed by atoms with Crippen molar-refractivity contribution in [2.45, 2.75) is 13.5 Å². The number of carbonyl (C=O) groups excluding carboxylic acids is 1. The van der Waals surface area contributed by atoms with Crippen molar-refractivity contribution in [2.24, 2.45) is 0 Å². The lowest BCUT2D eigenvalue weighted by molar-refractivity contribution is 0.0754. The molecule has 0 fully saturated rings. The Morgan fingerprint density at radius 3 is 2.75 bits per heavy atom. The Morgan fingerprint density at radius 1 is 1.40 bits per heavy atom. The van der Waals surface area contributed by atoms with Gasteiger partial charge in [0.1, 0.15) is 0 Å². The van der Waals surface area contributed by atoms with Gasteiger partial charge in [-0.05, 0) is 30.5 Å². The molecule has 1 aromatic heterocycles. The highest BCUT2D eigenvalue weighted by molar-refractivity contribution is 7.09. The molecule has 0 aliphatic heterocycles. The molecule has 1 heterocycles. The molecular formula is C14H14Cl2N2OS. The van der Waals surface area contributed by atoms with Gasteiger partial charge in [0.2, 0.25) is 0 Å². The summed E-state index contributed by atoms with van der Waals surface area (Å²) in [7, 11) is 0. The van der Waals surface area contributed by atoms with E-state index in [2.05, 4.69) is 0 Å². The molecule has 0 aliphatic rings. The topological polar surface area (TPSA) is 46.3 Å². The van der Waals surface area contributed by atoms with E-state index in [1.54, 1.807) is 22.3 Å². The zero-order valence-electron chi connectivity index (χ0n) is 10.9. The number of rotatable bonds is 4. The molecule has 0 saturated carbocycles. The summed E-state index contributed by atoms with van der Waals surface area (Å²) < 4.78 is 0. The molecule has 2 N–H and O–H groups in total. The number of benzene rings is 1. The van der Waals surface area contributed by atoms with Crippen molar-refractivity contribution in [1.29, 1.82) is 0 Å². The standard InChI is InChI=1S/C14H14Cl2N2OS/c1-2-18(8-10-4-3-5-20-10)14(19)11-6-9(17)7-12(15)13(11)16/h3-7H,2,8,17H2,1H3. The summed E-state index contributed by atoms with van der Waals surface area (Å²) in [5.74, 6) is -0.167. The predicted molar refractivity (Wildman–Crippen MR) is 85.6 cm³/mol. The zero-order valence-corrected chi connectivity index (χ0v) is 13.2. The Morgan fingerprint density at radius 2 is 2.15 bits per heavy atom. The van der Waals surface area contributed by atoms with Gasteiger partial charge in [-0.25, -0.2) is 0 Å². The maximum Gasteiger partial charge on any atom is 0.255 e. The summed E-state index contributed by atoms with van der Waals surface area (Å²) in [6.07, 6.45) is 0. The molecule has 0 aliphatic carbocycles.